The molecule has 1 unspecified atom stereocenters. The van der Waals surface area contributed by atoms with E-state index in [0.29, 0.717) is 6.04 Å². The van der Waals surface area contributed by atoms with Crippen LogP contribution in [0.25, 0.3) is 0 Å². The summed E-state index contributed by atoms with van der Waals surface area (Å²) in [4.78, 5) is 4.37. The fraction of sp³-hybridized carbons (Fsp3) is 0.500. The Kier molecular flexibility index (Phi) is 4.82. The van der Waals surface area contributed by atoms with E-state index >= 15 is 0 Å². The minimum Gasteiger partial charge on any atom is -0.309 e. The zero-order valence-electron chi connectivity index (χ0n) is 12.2. The van der Waals surface area contributed by atoms with E-state index in [1.165, 1.54) is 14.6 Å². The minimum atomic E-state index is 0.202. The average molecular weight is 294 g/mol. The first kappa shape index (κ1) is 14.8. The van der Waals surface area contributed by atoms with E-state index in [2.05, 4.69) is 62.7 Å². The summed E-state index contributed by atoms with van der Waals surface area (Å²) in [7, 11) is 0. The molecule has 2 heterocycles. The van der Waals surface area contributed by atoms with Crippen LogP contribution in [0, 0.1) is 0 Å². The molecule has 0 amide bonds. The van der Waals surface area contributed by atoms with Crippen molar-refractivity contribution in [2.24, 2.45) is 0 Å². The average Bonchev–Trinajstić information content (AvgIpc) is 3.06. The number of aryl methyl sites for hydroxylation is 1. The van der Waals surface area contributed by atoms with Gasteiger partial charge < -0.3 is 5.32 Å². The highest BCUT2D eigenvalue weighted by Crippen LogP contribution is 2.28. The van der Waals surface area contributed by atoms with Gasteiger partial charge in [0.05, 0.1) is 0 Å². The molecule has 2 aromatic heterocycles. The molecule has 0 aromatic carbocycles. The van der Waals surface area contributed by atoms with Crippen molar-refractivity contribution in [2.45, 2.75) is 45.6 Å². The van der Waals surface area contributed by atoms with Gasteiger partial charge in [-0.15, -0.1) is 22.7 Å². The molecule has 0 aliphatic carbocycles. The standard InChI is InChI=1S/C16H23NS2/c1-5-13-8-9-14(19-13)12(2)17-11-16(3,4)15-7-6-10-18-15/h6-10,12,17H,5,11H2,1-4H3. The molecule has 0 saturated carbocycles. The van der Waals surface area contributed by atoms with Gasteiger partial charge in [0.1, 0.15) is 0 Å². The van der Waals surface area contributed by atoms with Crippen molar-refractivity contribution in [1.82, 2.24) is 5.32 Å². The van der Waals surface area contributed by atoms with E-state index < -0.39 is 0 Å². The summed E-state index contributed by atoms with van der Waals surface area (Å²) in [5.74, 6) is 0. The van der Waals surface area contributed by atoms with Crippen molar-refractivity contribution in [1.29, 1.82) is 0 Å². The normalized spacial score (nSPS) is 13.7. The third-order valence-corrected chi connectivity index (χ3v) is 6.14. The van der Waals surface area contributed by atoms with E-state index in [9.17, 15) is 0 Å². The Balaban J connectivity index is 1.94. The smallest absolute Gasteiger partial charge is 0.0386 e. The first-order valence-electron chi connectivity index (χ1n) is 6.89. The topological polar surface area (TPSA) is 12.0 Å². The highest BCUT2D eigenvalue weighted by Gasteiger charge is 2.22. The van der Waals surface area contributed by atoms with Gasteiger partial charge in [0.15, 0.2) is 0 Å². The van der Waals surface area contributed by atoms with E-state index in [1.807, 2.05) is 22.7 Å². The molecule has 2 rings (SSSR count). The van der Waals surface area contributed by atoms with E-state index in [-0.39, 0.29) is 5.41 Å². The van der Waals surface area contributed by atoms with Crippen molar-refractivity contribution in [2.75, 3.05) is 6.54 Å². The maximum absolute atomic E-state index is 3.68. The molecule has 1 N–H and O–H groups in total. The Morgan fingerprint density at radius 1 is 1.26 bits per heavy atom. The summed E-state index contributed by atoms with van der Waals surface area (Å²) in [6, 6.07) is 9.32. The lowest BCUT2D eigenvalue weighted by Gasteiger charge is -2.26. The second-order valence-corrected chi connectivity index (χ2v) is 7.77. The lowest BCUT2D eigenvalue weighted by Crippen LogP contribution is -2.33. The van der Waals surface area contributed by atoms with Gasteiger partial charge in [-0.2, -0.15) is 0 Å². The maximum atomic E-state index is 3.68. The van der Waals surface area contributed by atoms with E-state index in [4.69, 9.17) is 0 Å². The van der Waals surface area contributed by atoms with Gasteiger partial charge in [-0.05, 0) is 36.9 Å². The van der Waals surface area contributed by atoms with Crippen molar-refractivity contribution in [3.05, 3.63) is 44.3 Å². The molecular formula is C16H23NS2. The van der Waals surface area contributed by atoms with Crippen molar-refractivity contribution in [3.8, 4) is 0 Å². The molecule has 0 bridgehead atoms. The molecule has 1 atom stereocenters. The lowest BCUT2D eigenvalue weighted by atomic mass is 9.91. The molecule has 104 valence electrons. The molecule has 0 saturated heterocycles. The van der Waals surface area contributed by atoms with Gasteiger partial charge in [0, 0.05) is 32.6 Å². The highest BCUT2D eigenvalue weighted by molar-refractivity contribution is 7.12. The predicted molar refractivity (Wildman–Crippen MR) is 87.5 cm³/mol. The van der Waals surface area contributed by atoms with Crippen LogP contribution >= 0.6 is 22.7 Å². The van der Waals surface area contributed by atoms with Crippen LogP contribution in [0.5, 0.6) is 0 Å². The van der Waals surface area contributed by atoms with E-state index in [1.54, 1.807) is 0 Å². The number of rotatable bonds is 6. The summed E-state index contributed by atoms with van der Waals surface area (Å²) < 4.78 is 0. The Bertz CT molecular complexity index is 497. The number of hydrogen-bond donors (Lipinski definition) is 1. The van der Waals surface area contributed by atoms with Crippen LogP contribution in [0.3, 0.4) is 0 Å². The molecule has 3 heteroatoms. The van der Waals surface area contributed by atoms with Crippen LogP contribution in [0.4, 0.5) is 0 Å². The molecule has 0 aliphatic rings. The van der Waals surface area contributed by atoms with Gasteiger partial charge in [0.2, 0.25) is 0 Å². The summed E-state index contributed by atoms with van der Waals surface area (Å²) in [6.45, 7) is 10.1. The summed E-state index contributed by atoms with van der Waals surface area (Å²) in [6.07, 6.45) is 1.14. The van der Waals surface area contributed by atoms with Crippen LogP contribution in [0.2, 0.25) is 0 Å². The Morgan fingerprint density at radius 3 is 2.63 bits per heavy atom. The van der Waals surface area contributed by atoms with Crippen molar-refractivity contribution >= 4 is 22.7 Å². The predicted octanol–water partition coefficient (Wildman–Crippen LogP) is 5.00. The fourth-order valence-electron chi connectivity index (χ4n) is 2.08. The van der Waals surface area contributed by atoms with Gasteiger partial charge in [0.25, 0.3) is 0 Å². The van der Waals surface area contributed by atoms with Gasteiger partial charge in [-0.1, -0.05) is 26.8 Å². The van der Waals surface area contributed by atoms with Crippen LogP contribution in [-0.4, -0.2) is 6.54 Å². The van der Waals surface area contributed by atoms with Gasteiger partial charge in [-0.3, -0.25) is 0 Å². The van der Waals surface area contributed by atoms with Gasteiger partial charge in [-0.25, -0.2) is 0 Å². The Morgan fingerprint density at radius 2 is 2.05 bits per heavy atom. The molecule has 0 radical (unpaired) electrons. The number of thiophene rings is 2. The first-order chi connectivity index (χ1) is 9.03. The Labute approximate surface area is 124 Å². The zero-order chi connectivity index (χ0) is 13.9. The third kappa shape index (κ3) is 3.68. The number of nitrogens with one attached hydrogen (secondary N) is 1. The molecule has 1 nitrogen and oxygen atoms in total. The van der Waals surface area contributed by atoms with Crippen LogP contribution < -0.4 is 5.32 Å². The monoisotopic (exact) mass is 293 g/mol. The third-order valence-electron chi connectivity index (χ3n) is 3.50. The SMILES string of the molecule is CCc1ccc(C(C)NCC(C)(C)c2cccs2)s1. The van der Waals surface area contributed by atoms with Crippen molar-refractivity contribution < 1.29 is 0 Å². The van der Waals surface area contributed by atoms with Crippen LogP contribution in [0.1, 0.15) is 48.4 Å². The summed E-state index contributed by atoms with van der Waals surface area (Å²) in [5, 5.41) is 5.84. The molecule has 0 fully saturated rings. The summed E-state index contributed by atoms with van der Waals surface area (Å²) >= 11 is 3.78. The van der Waals surface area contributed by atoms with Gasteiger partial charge >= 0.3 is 0 Å². The molecule has 0 aliphatic heterocycles. The molecule has 0 spiro atoms. The largest absolute Gasteiger partial charge is 0.309 e. The van der Waals surface area contributed by atoms with Crippen LogP contribution in [0.15, 0.2) is 29.6 Å². The molecule has 2 aromatic rings. The second-order valence-electron chi connectivity index (χ2n) is 5.62. The summed E-state index contributed by atoms with van der Waals surface area (Å²) in [5.41, 5.74) is 0.202. The maximum Gasteiger partial charge on any atom is 0.0386 e. The fourth-order valence-corrected chi connectivity index (χ4v) is 3.91. The quantitative estimate of drug-likeness (QED) is 0.790. The lowest BCUT2D eigenvalue weighted by molar-refractivity contribution is 0.444. The minimum absolute atomic E-state index is 0.202. The Hall–Kier alpha value is -0.640. The van der Waals surface area contributed by atoms with E-state index in [0.717, 1.165) is 13.0 Å². The van der Waals surface area contributed by atoms with Crippen molar-refractivity contribution in [3.63, 3.8) is 0 Å². The van der Waals surface area contributed by atoms with Crippen LogP contribution in [-0.2, 0) is 11.8 Å². The zero-order valence-corrected chi connectivity index (χ0v) is 13.8. The molecule has 19 heavy (non-hydrogen) atoms. The number of hydrogen-bond acceptors (Lipinski definition) is 3. The molecular weight excluding hydrogens is 270 g/mol. The highest BCUT2D eigenvalue weighted by atomic mass is 32.1. The first-order valence-corrected chi connectivity index (χ1v) is 8.58. The second kappa shape index (κ2) is 6.21.